The minimum atomic E-state index is 0.727. The monoisotopic (exact) mass is 1650 g/mol. The Balaban J connectivity index is 0.0000000971. The fourth-order valence-corrected chi connectivity index (χ4v) is 19.9. The molecule has 4 aliphatic carbocycles. The van der Waals surface area contributed by atoms with Gasteiger partial charge in [0.25, 0.3) is 0 Å². The molecule has 4 aliphatic rings. The minimum absolute atomic E-state index is 0.727. The van der Waals surface area contributed by atoms with E-state index in [4.69, 9.17) is 9.97 Å². The predicted octanol–water partition coefficient (Wildman–Crippen LogP) is 33.3. The van der Waals surface area contributed by atoms with E-state index in [0.717, 1.165) is 50.7 Å². The topological polar surface area (TPSA) is 64.5 Å². The molecule has 23 aromatic rings. The largest absolute Gasteiger partial charge is 0.265 e. The molecule has 0 bridgehead atoms. The van der Waals surface area contributed by atoms with Gasteiger partial charge in [-0.2, -0.15) is 0 Å². The summed E-state index contributed by atoms with van der Waals surface area (Å²) in [6.07, 6.45) is 9.26. The molecule has 0 saturated heterocycles. The molecule has 0 unspecified atom stereocenters. The predicted molar refractivity (Wildman–Crippen MR) is 542 cm³/mol. The molecular weight excluding hydrogens is 1570 g/mol. The Labute approximate surface area is 754 Å². The van der Waals surface area contributed by atoms with Gasteiger partial charge in [0, 0.05) is 58.8 Å². The summed E-state index contributed by atoms with van der Waals surface area (Å²) >= 11 is 0. The van der Waals surface area contributed by atoms with E-state index in [0.29, 0.717) is 0 Å². The summed E-state index contributed by atoms with van der Waals surface area (Å²) in [5.41, 5.74) is 45.4. The molecule has 604 valence electrons. The summed E-state index contributed by atoms with van der Waals surface area (Å²) in [4.78, 5) is 22.9. The van der Waals surface area contributed by atoms with Crippen molar-refractivity contribution < 1.29 is 0 Å². The molecule has 27 rings (SSSR count). The molecule has 5 nitrogen and oxygen atoms in total. The highest BCUT2D eigenvalue weighted by molar-refractivity contribution is 6.20. The Morgan fingerprint density at radius 3 is 0.808 bits per heavy atom. The Morgan fingerprint density at radius 2 is 0.423 bits per heavy atom. The second-order valence-corrected chi connectivity index (χ2v) is 33.7. The molecule has 0 radical (unpaired) electrons. The first-order valence-electron chi connectivity index (χ1n) is 44.3. The third-order valence-electron chi connectivity index (χ3n) is 26.0. The second kappa shape index (κ2) is 32.7. The first-order chi connectivity index (χ1) is 64.4. The fourth-order valence-electron chi connectivity index (χ4n) is 19.9. The molecular formula is C125H79N5. The zero-order valence-electron chi connectivity index (χ0n) is 70.8. The summed E-state index contributed by atoms with van der Waals surface area (Å²) in [5, 5.41) is 10.6. The van der Waals surface area contributed by atoms with Crippen LogP contribution in [0.25, 0.3) is 255 Å². The Morgan fingerprint density at radius 1 is 0.131 bits per heavy atom. The van der Waals surface area contributed by atoms with Crippen molar-refractivity contribution >= 4 is 43.1 Å². The Bertz CT molecular complexity index is 8110. The molecule has 0 atom stereocenters. The molecule has 0 amide bonds. The van der Waals surface area contributed by atoms with Crippen molar-refractivity contribution in [2.45, 2.75) is 0 Å². The number of hydrogen-bond donors (Lipinski definition) is 0. The maximum absolute atomic E-state index is 5.04. The number of fused-ring (bicyclic) bond motifs is 12. The van der Waals surface area contributed by atoms with Crippen molar-refractivity contribution in [2.75, 3.05) is 0 Å². The maximum atomic E-state index is 5.04. The van der Waals surface area contributed by atoms with Gasteiger partial charge in [-0.15, -0.1) is 0 Å². The van der Waals surface area contributed by atoms with Crippen molar-refractivity contribution in [2.24, 2.45) is 0 Å². The summed E-state index contributed by atoms with van der Waals surface area (Å²) < 4.78 is 0. The molecule has 4 aromatic heterocycles. The quantitative estimate of drug-likeness (QED) is 0.129. The van der Waals surface area contributed by atoms with Crippen molar-refractivity contribution in [3.8, 4) is 212 Å². The van der Waals surface area contributed by atoms with E-state index in [1.54, 1.807) is 0 Å². The summed E-state index contributed by atoms with van der Waals surface area (Å²) in [6.45, 7) is 0. The Kier molecular flexibility index (Phi) is 19.2. The molecule has 19 aromatic carbocycles. The van der Waals surface area contributed by atoms with Crippen LogP contribution in [0.5, 0.6) is 0 Å². The molecule has 0 aliphatic heterocycles. The molecule has 0 fully saturated rings. The van der Waals surface area contributed by atoms with Gasteiger partial charge in [-0.3, -0.25) is 15.0 Å². The van der Waals surface area contributed by atoms with Crippen LogP contribution in [-0.2, 0) is 0 Å². The van der Waals surface area contributed by atoms with Crippen LogP contribution in [0.15, 0.2) is 480 Å². The highest BCUT2D eigenvalue weighted by atomic mass is 14.9. The van der Waals surface area contributed by atoms with Crippen LogP contribution < -0.4 is 0 Å². The molecule has 4 heterocycles. The van der Waals surface area contributed by atoms with Crippen LogP contribution >= 0.6 is 0 Å². The van der Waals surface area contributed by atoms with Crippen LogP contribution in [0, 0.1) is 0 Å². The summed E-state index contributed by atoms with van der Waals surface area (Å²) in [7, 11) is 0. The van der Waals surface area contributed by atoms with E-state index in [1.165, 1.54) is 204 Å². The van der Waals surface area contributed by atoms with E-state index >= 15 is 0 Å². The number of rotatable bonds is 11. The fraction of sp³-hybridized carbons (Fsp3) is 0. The van der Waals surface area contributed by atoms with Crippen LogP contribution in [0.1, 0.15) is 0 Å². The van der Waals surface area contributed by atoms with Crippen molar-refractivity contribution in [1.82, 2.24) is 24.9 Å². The van der Waals surface area contributed by atoms with Crippen molar-refractivity contribution in [3.63, 3.8) is 0 Å². The van der Waals surface area contributed by atoms with Gasteiger partial charge in [-0.1, -0.05) is 340 Å². The van der Waals surface area contributed by atoms with E-state index in [1.807, 2.05) is 91.6 Å². The van der Waals surface area contributed by atoms with E-state index in [-0.39, 0.29) is 0 Å². The first kappa shape index (κ1) is 76.4. The lowest BCUT2D eigenvalue weighted by atomic mass is 9.94. The number of hydrogen-bond acceptors (Lipinski definition) is 5. The van der Waals surface area contributed by atoms with Gasteiger partial charge < -0.3 is 0 Å². The smallest absolute Gasteiger partial charge is 0.160 e. The number of benzene rings is 19. The lowest BCUT2D eigenvalue weighted by molar-refractivity contribution is 1.18. The van der Waals surface area contributed by atoms with Gasteiger partial charge in [0.05, 0.1) is 17.1 Å². The zero-order valence-corrected chi connectivity index (χ0v) is 70.8. The number of nitrogens with zero attached hydrogens (tertiary/aromatic N) is 5. The summed E-state index contributed by atoms with van der Waals surface area (Å²) in [5.74, 6) is 0.727. The SMILES string of the molecule is c1cc(-c2ccncc2)cc(-c2cc3c4c(cccc4c2)-c2ccccc2-3)c1.c1ccc(-c2cc(-c3cccc(-c4cc5c6c(cccc6c4)-c4ccccc4-5)c3)nc(-c3ccccc3)n2)cc1.c1ccc(-c2ccc(-c3cccc(-c4cc5c6c(cccc6c4)-c4ccccc4-5)c3)cc2)nc1.c1cncc(-c2cccc(-c3cc4c5c(cccc5c3)-c3ccccc3-4)c2)c1. The van der Waals surface area contributed by atoms with Gasteiger partial charge in [-0.25, -0.2) is 9.97 Å². The zero-order chi connectivity index (χ0) is 86.0. The number of pyridine rings is 3. The normalized spacial score (nSPS) is 11.5. The molecule has 0 N–H and O–H groups in total. The van der Waals surface area contributed by atoms with Crippen LogP contribution in [0.3, 0.4) is 0 Å². The molecule has 0 spiro atoms. The van der Waals surface area contributed by atoms with Crippen LogP contribution in [0.4, 0.5) is 0 Å². The standard InChI is InChI=1S/C38H24N2.C33H21N.2C27H17N/c1-3-11-25(12-4-1)35-24-36(40-38(39-35)26-13-5-2-6-14-26)28-16-9-15-27(21-28)30-22-29-17-10-20-33-31-18-7-8-19-32(31)34(23-30)37(29)33;1-2-11-29-28(10-1)30-12-6-9-26-20-27(21-31(29)33(26)30)25-8-5-7-24(19-25)22-14-16-23(17-15-22)32-13-3-4-18-34-32;1-2-11-24-23(10-1)25-12-4-8-20-15-22(16-26(24)27(20)25)19-7-3-6-18(14-19)21-9-5-13-28-17-21;1-2-9-24-23(8-1)25-10-4-7-21-16-22(17-26(24)27(21)25)20-6-3-5-19(15-20)18-11-13-28-14-12-18/h1-24H;1-21H;2*1-17H. The minimum Gasteiger partial charge on any atom is -0.265 e. The molecule has 0 saturated carbocycles. The highest BCUT2D eigenvalue weighted by Crippen LogP contribution is 2.54. The number of aromatic nitrogens is 5. The average Bonchev–Trinajstić information content (AvgIpc) is 1.59. The van der Waals surface area contributed by atoms with Gasteiger partial charge in [-0.05, 0) is 314 Å². The lowest BCUT2D eigenvalue weighted by Crippen LogP contribution is -1.96. The van der Waals surface area contributed by atoms with Gasteiger partial charge >= 0.3 is 0 Å². The second-order valence-electron chi connectivity index (χ2n) is 33.7. The van der Waals surface area contributed by atoms with E-state index in [2.05, 4.69) is 403 Å². The lowest BCUT2D eigenvalue weighted by Gasteiger charge is -2.12. The molecule has 5 heteroatoms. The van der Waals surface area contributed by atoms with Crippen molar-refractivity contribution in [1.29, 1.82) is 0 Å². The molecule has 130 heavy (non-hydrogen) atoms. The Hall–Kier alpha value is -17.3. The van der Waals surface area contributed by atoms with E-state index in [9.17, 15) is 0 Å². The van der Waals surface area contributed by atoms with Crippen molar-refractivity contribution in [3.05, 3.63) is 480 Å². The first-order valence-corrected chi connectivity index (χ1v) is 44.3. The highest BCUT2D eigenvalue weighted by Gasteiger charge is 2.28. The van der Waals surface area contributed by atoms with Crippen LogP contribution in [0.2, 0.25) is 0 Å². The third kappa shape index (κ3) is 14.0. The van der Waals surface area contributed by atoms with Gasteiger partial charge in [0.1, 0.15) is 0 Å². The van der Waals surface area contributed by atoms with Crippen LogP contribution in [-0.4, -0.2) is 24.9 Å². The summed E-state index contributed by atoms with van der Waals surface area (Å²) in [6, 6.07) is 161. The average molecular weight is 1650 g/mol. The third-order valence-corrected chi connectivity index (χ3v) is 26.0. The van der Waals surface area contributed by atoms with Gasteiger partial charge in [0.2, 0.25) is 0 Å². The van der Waals surface area contributed by atoms with E-state index < -0.39 is 0 Å². The maximum Gasteiger partial charge on any atom is 0.160 e. The van der Waals surface area contributed by atoms with Gasteiger partial charge in [0.15, 0.2) is 5.82 Å².